The van der Waals surface area contributed by atoms with Crippen LogP contribution in [0.3, 0.4) is 0 Å². The molecule has 1 aromatic carbocycles. The number of hydrogen-bond donors (Lipinski definition) is 1. The minimum atomic E-state index is -0.190. The minimum Gasteiger partial charge on any atom is -0.482 e. The van der Waals surface area contributed by atoms with Gasteiger partial charge in [0.15, 0.2) is 12.4 Å². The number of nitrogen functional groups attached to an aromatic ring is 1. The number of nitrogens with two attached hydrogens (primary N) is 1. The van der Waals surface area contributed by atoms with Gasteiger partial charge in [0.2, 0.25) is 0 Å². The van der Waals surface area contributed by atoms with Crippen LogP contribution in [0.5, 0.6) is 5.75 Å². The Kier molecular flexibility index (Phi) is 4.35. The molecule has 102 valence electrons. The summed E-state index contributed by atoms with van der Waals surface area (Å²) >= 11 is 0. The Morgan fingerprint density at radius 3 is 2.89 bits per heavy atom. The van der Waals surface area contributed by atoms with Crippen molar-refractivity contribution < 1.29 is 14.0 Å². The lowest BCUT2D eigenvalue weighted by molar-refractivity contribution is 0.0683. The fraction of sp³-hybridized carbons (Fsp3) is 0.385. The van der Waals surface area contributed by atoms with E-state index in [1.807, 2.05) is 26.0 Å². The second-order valence-corrected chi connectivity index (χ2v) is 3.97. The SMILES string of the molecule is CCOC(C)c1noc(COc2ccccc2N)n1. The van der Waals surface area contributed by atoms with E-state index in [9.17, 15) is 0 Å². The van der Waals surface area contributed by atoms with Crippen LogP contribution in [0.2, 0.25) is 0 Å². The first-order chi connectivity index (χ1) is 9.20. The van der Waals surface area contributed by atoms with Crippen molar-refractivity contribution in [2.75, 3.05) is 12.3 Å². The summed E-state index contributed by atoms with van der Waals surface area (Å²) in [7, 11) is 0. The molecule has 6 heteroatoms. The Hall–Kier alpha value is -2.08. The highest BCUT2D eigenvalue weighted by atomic mass is 16.5. The van der Waals surface area contributed by atoms with Gasteiger partial charge < -0.3 is 19.7 Å². The molecule has 2 rings (SSSR count). The number of para-hydroxylation sites is 2. The Balaban J connectivity index is 1.95. The molecule has 0 aliphatic heterocycles. The number of aromatic nitrogens is 2. The van der Waals surface area contributed by atoms with Crippen LogP contribution in [0.1, 0.15) is 31.7 Å². The van der Waals surface area contributed by atoms with E-state index in [1.165, 1.54) is 0 Å². The minimum absolute atomic E-state index is 0.181. The smallest absolute Gasteiger partial charge is 0.264 e. The number of benzene rings is 1. The molecule has 0 aliphatic rings. The molecule has 1 unspecified atom stereocenters. The van der Waals surface area contributed by atoms with Crippen molar-refractivity contribution in [1.29, 1.82) is 0 Å². The van der Waals surface area contributed by atoms with E-state index in [1.54, 1.807) is 12.1 Å². The van der Waals surface area contributed by atoms with Crippen LogP contribution in [-0.2, 0) is 11.3 Å². The van der Waals surface area contributed by atoms with Crippen molar-refractivity contribution in [2.45, 2.75) is 26.6 Å². The van der Waals surface area contributed by atoms with Crippen LogP contribution in [-0.4, -0.2) is 16.7 Å². The number of hydrogen-bond acceptors (Lipinski definition) is 6. The Morgan fingerprint density at radius 2 is 2.16 bits per heavy atom. The van der Waals surface area contributed by atoms with Crippen molar-refractivity contribution in [1.82, 2.24) is 10.1 Å². The van der Waals surface area contributed by atoms with Crippen molar-refractivity contribution in [3.63, 3.8) is 0 Å². The third-order valence-electron chi connectivity index (χ3n) is 2.53. The van der Waals surface area contributed by atoms with E-state index in [0.717, 1.165) is 0 Å². The molecule has 0 radical (unpaired) electrons. The number of rotatable bonds is 6. The summed E-state index contributed by atoms with van der Waals surface area (Å²) in [4.78, 5) is 4.20. The first-order valence-electron chi connectivity index (χ1n) is 6.12. The van der Waals surface area contributed by atoms with Gasteiger partial charge in [-0.2, -0.15) is 4.98 Å². The van der Waals surface area contributed by atoms with Crippen molar-refractivity contribution >= 4 is 5.69 Å². The Morgan fingerprint density at radius 1 is 1.37 bits per heavy atom. The zero-order valence-corrected chi connectivity index (χ0v) is 11.0. The predicted octanol–water partition coefficient (Wildman–Crippen LogP) is 2.33. The maximum atomic E-state index is 5.77. The van der Waals surface area contributed by atoms with E-state index in [4.69, 9.17) is 19.7 Å². The molecule has 0 saturated heterocycles. The van der Waals surface area contributed by atoms with Gasteiger partial charge in [-0.05, 0) is 26.0 Å². The second-order valence-electron chi connectivity index (χ2n) is 3.97. The summed E-state index contributed by atoms with van der Waals surface area (Å²) in [6, 6.07) is 7.25. The number of anilines is 1. The first kappa shape index (κ1) is 13.4. The van der Waals surface area contributed by atoms with Gasteiger partial charge in [-0.1, -0.05) is 17.3 Å². The quantitative estimate of drug-likeness (QED) is 0.805. The van der Waals surface area contributed by atoms with Gasteiger partial charge in [-0.25, -0.2) is 0 Å². The van der Waals surface area contributed by atoms with Crippen molar-refractivity contribution in [3.8, 4) is 5.75 Å². The third-order valence-corrected chi connectivity index (χ3v) is 2.53. The average molecular weight is 263 g/mol. The van der Waals surface area contributed by atoms with Crippen molar-refractivity contribution in [3.05, 3.63) is 36.0 Å². The highest BCUT2D eigenvalue weighted by Crippen LogP contribution is 2.21. The molecule has 0 aliphatic carbocycles. The molecule has 1 heterocycles. The van der Waals surface area contributed by atoms with Crippen LogP contribution >= 0.6 is 0 Å². The fourth-order valence-electron chi connectivity index (χ4n) is 1.57. The lowest BCUT2D eigenvalue weighted by Crippen LogP contribution is -2.02. The largest absolute Gasteiger partial charge is 0.482 e. The summed E-state index contributed by atoms with van der Waals surface area (Å²) in [5.41, 5.74) is 6.34. The van der Waals surface area contributed by atoms with Crippen molar-refractivity contribution in [2.24, 2.45) is 0 Å². The lowest BCUT2D eigenvalue weighted by atomic mass is 10.3. The van der Waals surface area contributed by atoms with Crippen LogP contribution in [0.25, 0.3) is 0 Å². The Bertz CT molecular complexity index is 527. The first-order valence-corrected chi connectivity index (χ1v) is 6.12. The molecule has 0 amide bonds. The lowest BCUT2D eigenvalue weighted by Gasteiger charge is -2.06. The summed E-state index contributed by atoms with van der Waals surface area (Å²) in [6.07, 6.45) is -0.190. The van der Waals surface area contributed by atoms with Crippen LogP contribution in [0.15, 0.2) is 28.8 Å². The summed E-state index contributed by atoms with van der Waals surface area (Å²) in [5, 5.41) is 3.85. The molecule has 0 spiro atoms. The topological polar surface area (TPSA) is 83.4 Å². The monoisotopic (exact) mass is 263 g/mol. The molecule has 0 fully saturated rings. The molecule has 0 bridgehead atoms. The summed E-state index contributed by atoms with van der Waals surface area (Å²) in [5.74, 6) is 1.51. The van der Waals surface area contributed by atoms with Crippen LogP contribution in [0.4, 0.5) is 5.69 Å². The fourth-order valence-corrected chi connectivity index (χ4v) is 1.57. The zero-order valence-electron chi connectivity index (χ0n) is 11.0. The van der Waals surface area contributed by atoms with Gasteiger partial charge in [-0.3, -0.25) is 0 Å². The van der Waals surface area contributed by atoms with E-state index in [0.29, 0.717) is 29.8 Å². The van der Waals surface area contributed by atoms with Gasteiger partial charge in [0.25, 0.3) is 5.89 Å². The average Bonchev–Trinajstić information content (AvgIpc) is 2.87. The van der Waals surface area contributed by atoms with Crippen LogP contribution in [0, 0.1) is 0 Å². The number of nitrogens with zero attached hydrogens (tertiary/aromatic N) is 2. The van der Waals surface area contributed by atoms with E-state index >= 15 is 0 Å². The Labute approximate surface area is 111 Å². The maximum Gasteiger partial charge on any atom is 0.264 e. The predicted molar refractivity (Wildman–Crippen MR) is 69.5 cm³/mol. The molecular formula is C13H17N3O3. The van der Waals surface area contributed by atoms with Gasteiger partial charge in [0.05, 0.1) is 5.69 Å². The zero-order chi connectivity index (χ0) is 13.7. The van der Waals surface area contributed by atoms with Gasteiger partial charge in [0, 0.05) is 6.61 Å². The van der Waals surface area contributed by atoms with Gasteiger partial charge in [-0.15, -0.1) is 0 Å². The van der Waals surface area contributed by atoms with Gasteiger partial charge >= 0.3 is 0 Å². The van der Waals surface area contributed by atoms with Crippen LogP contribution < -0.4 is 10.5 Å². The molecule has 19 heavy (non-hydrogen) atoms. The molecule has 2 N–H and O–H groups in total. The summed E-state index contributed by atoms with van der Waals surface area (Å²) in [6.45, 7) is 4.56. The number of ether oxygens (including phenoxy) is 2. The normalized spacial score (nSPS) is 12.3. The molecule has 0 saturated carbocycles. The van der Waals surface area contributed by atoms with E-state index in [2.05, 4.69) is 10.1 Å². The van der Waals surface area contributed by atoms with E-state index < -0.39 is 0 Å². The summed E-state index contributed by atoms with van der Waals surface area (Å²) < 4.78 is 16.0. The molecule has 6 nitrogen and oxygen atoms in total. The highest BCUT2D eigenvalue weighted by molar-refractivity contribution is 5.51. The third kappa shape index (κ3) is 3.45. The molecule has 1 aromatic heterocycles. The second kappa shape index (κ2) is 6.19. The standard InChI is InChI=1S/C13H17N3O3/c1-3-17-9(2)13-15-12(19-16-13)8-18-11-7-5-4-6-10(11)14/h4-7,9H,3,8,14H2,1-2H3. The van der Waals surface area contributed by atoms with Gasteiger partial charge in [0.1, 0.15) is 11.9 Å². The highest BCUT2D eigenvalue weighted by Gasteiger charge is 2.14. The van der Waals surface area contributed by atoms with E-state index in [-0.39, 0.29) is 12.7 Å². The maximum absolute atomic E-state index is 5.77. The molecular weight excluding hydrogens is 246 g/mol. The molecule has 1 atom stereocenters. The molecule has 2 aromatic rings.